The molecule has 0 bridgehead atoms. The van der Waals surface area contributed by atoms with Gasteiger partial charge in [-0.05, 0) is 17.7 Å². The molecule has 30 heavy (non-hydrogen) atoms. The van der Waals surface area contributed by atoms with E-state index in [2.05, 4.69) is 15.3 Å². The van der Waals surface area contributed by atoms with Crippen LogP contribution in [-0.2, 0) is 14.1 Å². The van der Waals surface area contributed by atoms with Crippen LogP contribution in [0.5, 0.6) is 0 Å². The highest BCUT2D eigenvalue weighted by Gasteiger charge is 2.29. The molecule has 3 aromatic rings. The standard InChI is InChI=1S/C19H20N6O3.2ClH/c1-23-16-14(18(27)24(2)19(23)28)8-13(10-22-16)17(26)25-7-6-21-11-15(25)12-4-3-5-20-9-12;;/h3-5,8-10,15,21H,6-7,11H2,1-2H3;2*1H. The minimum absolute atomic E-state index is 0. The van der Waals surface area contributed by atoms with Crippen LogP contribution in [0.1, 0.15) is 22.0 Å². The van der Waals surface area contributed by atoms with Gasteiger partial charge in [0.1, 0.15) is 5.65 Å². The van der Waals surface area contributed by atoms with Gasteiger partial charge in [0.15, 0.2) is 0 Å². The quantitative estimate of drug-likeness (QED) is 0.612. The fraction of sp³-hybridized carbons (Fsp3) is 0.316. The number of pyridine rings is 2. The van der Waals surface area contributed by atoms with Gasteiger partial charge in [-0.15, -0.1) is 24.8 Å². The minimum Gasteiger partial charge on any atom is -0.329 e. The predicted octanol–water partition coefficient (Wildman–Crippen LogP) is 0.657. The van der Waals surface area contributed by atoms with Gasteiger partial charge in [0.25, 0.3) is 11.5 Å². The molecule has 0 aromatic carbocycles. The molecule has 0 spiro atoms. The number of piperazine rings is 1. The molecule has 11 heteroatoms. The SMILES string of the molecule is Cl.Cl.Cn1c(=O)c2cc(C(=O)N3CCNCC3c3cccnc3)cnc2n(C)c1=O. The van der Waals surface area contributed by atoms with Crippen molar-refractivity contribution in [1.29, 1.82) is 0 Å². The molecule has 1 fully saturated rings. The highest BCUT2D eigenvalue weighted by atomic mass is 35.5. The maximum atomic E-state index is 13.2. The smallest absolute Gasteiger partial charge is 0.329 e. The number of nitrogens with zero attached hydrogens (tertiary/aromatic N) is 5. The van der Waals surface area contributed by atoms with Gasteiger partial charge in [0.2, 0.25) is 0 Å². The summed E-state index contributed by atoms with van der Waals surface area (Å²) < 4.78 is 2.32. The molecule has 1 atom stereocenters. The van der Waals surface area contributed by atoms with Gasteiger partial charge in [-0.2, -0.15) is 0 Å². The molecule has 1 aliphatic rings. The number of rotatable bonds is 2. The summed E-state index contributed by atoms with van der Waals surface area (Å²) in [6.45, 7) is 1.83. The van der Waals surface area contributed by atoms with Gasteiger partial charge < -0.3 is 10.2 Å². The topological polar surface area (TPSA) is 102 Å². The molecule has 3 aromatic heterocycles. The summed E-state index contributed by atoms with van der Waals surface area (Å²) >= 11 is 0. The van der Waals surface area contributed by atoms with Crippen molar-refractivity contribution in [3.63, 3.8) is 0 Å². The zero-order valence-corrected chi connectivity index (χ0v) is 18.1. The van der Waals surface area contributed by atoms with E-state index in [-0.39, 0.29) is 47.8 Å². The first kappa shape index (κ1) is 23.5. The Hall–Kier alpha value is -2.75. The summed E-state index contributed by atoms with van der Waals surface area (Å²) in [5, 5.41) is 3.54. The van der Waals surface area contributed by atoms with Crippen LogP contribution >= 0.6 is 24.8 Å². The van der Waals surface area contributed by atoms with Crippen molar-refractivity contribution in [2.75, 3.05) is 19.6 Å². The molecule has 0 saturated carbocycles. The van der Waals surface area contributed by atoms with Crippen molar-refractivity contribution < 1.29 is 4.79 Å². The van der Waals surface area contributed by atoms with Crippen molar-refractivity contribution in [3.05, 3.63) is 68.8 Å². The first-order chi connectivity index (χ1) is 13.5. The largest absolute Gasteiger partial charge is 0.332 e. The van der Waals surface area contributed by atoms with Crippen LogP contribution in [0.3, 0.4) is 0 Å². The van der Waals surface area contributed by atoms with Gasteiger partial charge in [0.05, 0.1) is 17.0 Å². The Labute approximate surface area is 184 Å². The van der Waals surface area contributed by atoms with E-state index in [0.29, 0.717) is 25.2 Å². The number of carbonyl (C=O) groups is 1. The number of hydrogen-bond acceptors (Lipinski definition) is 6. The van der Waals surface area contributed by atoms with Crippen LogP contribution in [0.4, 0.5) is 0 Å². The van der Waals surface area contributed by atoms with Gasteiger partial charge in [0, 0.05) is 52.3 Å². The lowest BCUT2D eigenvalue weighted by atomic mass is 10.0. The Kier molecular flexibility index (Phi) is 7.35. The molecule has 160 valence electrons. The lowest BCUT2D eigenvalue weighted by Gasteiger charge is -2.36. The number of aryl methyl sites for hydroxylation is 1. The molecular formula is C19H22Cl2N6O3. The molecule has 4 rings (SSSR count). The molecule has 1 unspecified atom stereocenters. The van der Waals surface area contributed by atoms with Crippen LogP contribution in [-0.4, -0.2) is 49.5 Å². The third-order valence-electron chi connectivity index (χ3n) is 5.11. The number of hydrogen-bond donors (Lipinski definition) is 1. The van der Waals surface area contributed by atoms with E-state index >= 15 is 0 Å². The van der Waals surface area contributed by atoms with Crippen molar-refractivity contribution in [2.24, 2.45) is 14.1 Å². The molecule has 0 aliphatic carbocycles. The average molecular weight is 453 g/mol. The summed E-state index contributed by atoms with van der Waals surface area (Å²) in [6.07, 6.45) is 4.87. The van der Waals surface area contributed by atoms with E-state index in [9.17, 15) is 14.4 Å². The number of amides is 1. The highest BCUT2D eigenvalue weighted by molar-refractivity contribution is 5.97. The van der Waals surface area contributed by atoms with Gasteiger partial charge in [-0.3, -0.25) is 23.7 Å². The van der Waals surface area contributed by atoms with Gasteiger partial charge >= 0.3 is 5.69 Å². The van der Waals surface area contributed by atoms with Crippen LogP contribution in [0.25, 0.3) is 11.0 Å². The fourth-order valence-electron chi connectivity index (χ4n) is 3.57. The summed E-state index contributed by atoms with van der Waals surface area (Å²) in [5.41, 5.74) is 0.593. The van der Waals surface area contributed by atoms with Crippen molar-refractivity contribution in [1.82, 2.24) is 29.3 Å². The molecule has 4 heterocycles. The monoisotopic (exact) mass is 452 g/mol. The highest BCUT2D eigenvalue weighted by Crippen LogP contribution is 2.24. The van der Waals surface area contributed by atoms with E-state index in [1.807, 2.05) is 12.1 Å². The fourth-order valence-corrected chi connectivity index (χ4v) is 3.57. The summed E-state index contributed by atoms with van der Waals surface area (Å²) in [5.74, 6) is -0.208. The van der Waals surface area contributed by atoms with E-state index < -0.39 is 11.2 Å². The molecule has 1 saturated heterocycles. The molecule has 1 N–H and O–H groups in total. The normalized spacial score (nSPS) is 15.9. The van der Waals surface area contributed by atoms with Crippen LogP contribution in [0, 0.1) is 0 Å². The maximum absolute atomic E-state index is 13.2. The van der Waals surface area contributed by atoms with Gasteiger partial charge in [-0.25, -0.2) is 9.78 Å². The lowest BCUT2D eigenvalue weighted by molar-refractivity contribution is 0.0633. The number of halogens is 2. The van der Waals surface area contributed by atoms with Crippen LogP contribution < -0.4 is 16.6 Å². The van der Waals surface area contributed by atoms with Crippen molar-refractivity contribution >= 4 is 41.8 Å². The third-order valence-corrected chi connectivity index (χ3v) is 5.11. The Bertz CT molecular complexity index is 1180. The van der Waals surface area contributed by atoms with Crippen molar-refractivity contribution in [3.8, 4) is 0 Å². The van der Waals surface area contributed by atoms with E-state index in [0.717, 1.165) is 10.1 Å². The van der Waals surface area contributed by atoms with Crippen LogP contribution in [0.15, 0.2) is 46.4 Å². The first-order valence-corrected chi connectivity index (χ1v) is 8.96. The van der Waals surface area contributed by atoms with Gasteiger partial charge in [-0.1, -0.05) is 6.07 Å². The molecule has 1 amide bonds. The zero-order valence-electron chi connectivity index (χ0n) is 16.4. The minimum atomic E-state index is -0.468. The Morgan fingerprint density at radius 3 is 2.63 bits per heavy atom. The summed E-state index contributed by atoms with van der Waals surface area (Å²) in [6, 6.07) is 5.15. The number of aromatic nitrogens is 4. The second-order valence-corrected chi connectivity index (χ2v) is 6.81. The maximum Gasteiger partial charge on any atom is 0.332 e. The van der Waals surface area contributed by atoms with Crippen molar-refractivity contribution in [2.45, 2.75) is 6.04 Å². The molecule has 1 aliphatic heterocycles. The van der Waals surface area contributed by atoms with Crippen LogP contribution in [0.2, 0.25) is 0 Å². The molecule has 0 radical (unpaired) electrons. The summed E-state index contributed by atoms with van der Waals surface area (Å²) in [7, 11) is 2.96. The number of carbonyl (C=O) groups excluding carboxylic acids is 1. The molecular weight excluding hydrogens is 431 g/mol. The summed E-state index contributed by atoms with van der Waals surface area (Å²) in [4.78, 5) is 48.0. The number of nitrogens with one attached hydrogen (secondary N) is 1. The van der Waals surface area contributed by atoms with E-state index in [1.165, 1.54) is 23.9 Å². The third kappa shape index (κ3) is 3.96. The first-order valence-electron chi connectivity index (χ1n) is 8.96. The van der Waals surface area contributed by atoms with E-state index in [1.54, 1.807) is 24.3 Å². The number of fused-ring (bicyclic) bond motifs is 1. The Morgan fingerprint density at radius 2 is 1.93 bits per heavy atom. The predicted molar refractivity (Wildman–Crippen MR) is 118 cm³/mol. The lowest BCUT2D eigenvalue weighted by Crippen LogP contribution is -2.48. The second-order valence-electron chi connectivity index (χ2n) is 6.81. The Balaban J connectivity index is 0.00000160. The Morgan fingerprint density at radius 1 is 1.17 bits per heavy atom. The second kappa shape index (κ2) is 9.38. The zero-order chi connectivity index (χ0) is 19.8. The van der Waals surface area contributed by atoms with E-state index in [4.69, 9.17) is 0 Å². The molecule has 9 nitrogen and oxygen atoms in total. The average Bonchev–Trinajstić information content (AvgIpc) is 2.76.